The standard InChI is InChI=1S/C21H45N/c1-5-7-9-10-11-12-13-14-15-16-17-18-20-21(22(3)4)19-8-6-2/h21H,5-20H2,1-4H3. The van der Waals surface area contributed by atoms with Gasteiger partial charge in [-0.15, -0.1) is 0 Å². The molecule has 1 atom stereocenters. The fraction of sp³-hybridized carbons (Fsp3) is 1.00. The van der Waals surface area contributed by atoms with Crippen LogP contribution in [0.5, 0.6) is 0 Å². The van der Waals surface area contributed by atoms with Crippen LogP contribution < -0.4 is 0 Å². The smallest absolute Gasteiger partial charge is 0.00891 e. The van der Waals surface area contributed by atoms with Crippen LogP contribution in [0.4, 0.5) is 0 Å². The van der Waals surface area contributed by atoms with Crippen molar-refractivity contribution in [2.45, 2.75) is 123 Å². The van der Waals surface area contributed by atoms with Gasteiger partial charge in [-0.2, -0.15) is 0 Å². The Morgan fingerprint density at radius 2 is 0.864 bits per heavy atom. The number of unbranched alkanes of at least 4 members (excludes halogenated alkanes) is 12. The molecule has 1 heteroatoms. The molecule has 0 rings (SSSR count). The summed E-state index contributed by atoms with van der Waals surface area (Å²) in [5, 5.41) is 0. The minimum absolute atomic E-state index is 0.822. The molecule has 0 amide bonds. The van der Waals surface area contributed by atoms with Crippen molar-refractivity contribution in [2.24, 2.45) is 0 Å². The van der Waals surface area contributed by atoms with Gasteiger partial charge in [-0.1, -0.05) is 104 Å². The minimum Gasteiger partial charge on any atom is -0.306 e. The van der Waals surface area contributed by atoms with Gasteiger partial charge >= 0.3 is 0 Å². The second-order valence-electron chi connectivity index (χ2n) is 7.44. The molecule has 0 saturated carbocycles. The van der Waals surface area contributed by atoms with Crippen molar-refractivity contribution < 1.29 is 0 Å². The maximum atomic E-state index is 2.44. The molecule has 0 radical (unpaired) electrons. The molecule has 0 heterocycles. The first kappa shape index (κ1) is 22.0. The highest BCUT2D eigenvalue weighted by atomic mass is 15.1. The molecule has 0 spiro atoms. The van der Waals surface area contributed by atoms with Crippen molar-refractivity contribution in [1.82, 2.24) is 4.90 Å². The lowest BCUT2D eigenvalue weighted by Gasteiger charge is -2.24. The van der Waals surface area contributed by atoms with Crippen molar-refractivity contribution in [1.29, 1.82) is 0 Å². The molecule has 22 heavy (non-hydrogen) atoms. The molecule has 0 aromatic carbocycles. The number of hydrogen-bond donors (Lipinski definition) is 0. The number of hydrogen-bond acceptors (Lipinski definition) is 1. The quantitative estimate of drug-likeness (QED) is 0.257. The van der Waals surface area contributed by atoms with E-state index in [1.165, 1.54) is 103 Å². The van der Waals surface area contributed by atoms with Crippen LogP contribution >= 0.6 is 0 Å². The van der Waals surface area contributed by atoms with E-state index >= 15 is 0 Å². The average Bonchev–Trinajstić information content (AvgIpc) is 2.51. The third-order valence-electron chi connectivity index (χ3n) is 5.01. The lowest BCUT2D eigenvalue weighted by molar-refractivity contribution is 0.253. The molecule has 0 bridgehead atoms. The number of nitrogens with zero attached hydrogens (tertiary/aromatic N) is 1. The Kier molecular flexibility index (Phi) is 17.3. The van der Waals surface area contributed by atoms with Gasteiger partial charge in [-0.05, 0) is 26.9 Å². The molecular weight excluding hydrogens is 266 g/mol. The average molecular weight is 312 g/mol. The van der Waals surface area contributed by atoms with Gasteiger partial charge in [0.05, 0.1) is 0 Å². The summed E-state index contributed by atoms with van der Waals surface area (Å²) in [5.41, 5.74) is 0. The zero-order valence-electron chi connectivity index (χ0n) is 16.3. The normalized spacial score (nSPS) is 13.0. The van der Waals surface area contributed by atoms with E-state index < -0.39 is 0 Å². The molecule has 0 saturated heterocycles. The van der Waals surface area contributed by atoms with Gasteiger partial charge in [-0.3, -0.25) is 0 Å². The Bertz CT molecular complexity index is 200. The van der Waals surface area contributed by atoms with E-state index in [-0.39, 0.29) is 0 Å². The summed E-state index contributed by atoms with van der Waals surface area (Å²) in [7, 11) is 4.50. The third-order valence-corrected chi connectivity index (χ3v) is 5.01. The Balaban J connectivity index is 3.27. The first-order chi connectivity index (χ1) is 10.7. The van der Waals surface area contributed by atoms with Crippen molar-refractivity contribution in [3.8, 4) is 0 Å². The molecule has 134 valence electrons. The maximum absolute atomic E-state index is 2.44. The van der Waals surface area contributed by atoms with Crippen molar-refractivity contribution in [3.63, 3.8) is 0 Å². The zero-order valence-corrected chi connectivity index (χ0v) is 16.3. The first-order valence-corrected chi connectivity index (χ1v) is 10.4. The van der Waals surface area contributed by atoms with E-state index in [9.17, 15) is 0 Å². The van der Waals surface area contributed by atoms with Crippen LogP contribution in [0.1, 0.15) is 117 Å². The van der Waals surface area contributed by atoms with Crippen LogP contribution in [-0.2, 0) is 0 Å². The Hall–Kier alpha value is -0.0400. The van der Waals surface area contributed by atoms with Crippen LogP contribution in [0.25, 0.3) is 0 Å². The van der Waals surface area contributed by atoms with E-state index in [2.05, 4.69) is 32.8 Å². The fourth-order valence-corrected chi connectivity index (χ4v) is 3.32. The lowest BCUT2D eigenvalue weighted by atomic mass is 10.0. The Labute approximate surface area is 142 Å². The molecule has 0 aromatic rings. The predicted molar refractivity (Wildman–Crippen MR) is 103 cm³/mol. The molecule has 0 aromatic heterocycles. The summed E-state index contributed by atoms with van der Waals surface area (Å²) in [5.74, 6) is 0. The predicted octanol–water partition coefficient (Wildman–Crippen LogP) is 7.20. The SMILES string of the molecule is CCCCCCCCCCCCCCC(CCCC)N(C)C. The van der Waals surface area contributed by atoms with Crippen LogP contribution in [0, 0.1) is 0 Å². The lowest BCUT2D eigenvalue weighted by Crippen LogP contribution is -2.27. The molecule has 0 N–H and O–H groups in total. The van der Waals surface area contributed by atoms with E-state index in [0.29, 0.717) is 0 Å². The van der Waals surface area contributed by atoms with Crippen molar-refractivity contribution in [3.05, 3.63) is 0 Å². The fourth-order valence-electron chi connectivity index (χ4n) is 3.32. The van der Waals surface area contributed by atoms with Crippen LogP contribution in [0.15, 0.2) is 0 Å². The Morgan fingerprint density at radius 1 is 0.500 bits per heavy atom. The molecule has 0 aliphatic carbocycles. The van der Waals surface area contributed by atoms with Gasteiger partial charge in [0.1, 0.15) is 0 Å². The summed E-state index contributed by atoms with van der Waals surface area (Å²) in [6.07, 6.45) is 23.0. The molecule has 0 fully saturated rings. The topological polar surface area (TPSA) is 3.24 Å². The van der Waals surface area contributed by atoms with E-state index in [0.717, 1.165) is 6.04 Å². The molecule has 0 aliphatic rings. The highest BCUT2D eigenvalue weighted by Crippen LogP contribution is 2.16. The van der Waals surface area contributed by atoms with E-state index in [1.54, 1.807) is 0 Å². The number of rotatable bonds is 17. The monoisotopic (exact) mass is 311 g/mol. The van der Waals surface area contributed by atoms with E-state index in [1.807, 2.05) is 0 Å². The summed E-state index contributed by atoms with van der Waals surface area (Å²) < 4.78 is 0. The van der Waals surface area contributed by atoms with Gasteiger partial charge in [0, 0.05) is 6.04 Å². The summed E-state index contributed by atoms with van der Waals surface area (Å²) >= 11 is 0. The molecular formula is C21H45N. The highest BCUT2D eigenvalue weighted by Gasteiger charge is 2.09. The molecule has 0 aliphatic heterocycles. The van der Waals surface area contributed by atoms with Gasteiger partial charge in [-0.25, -0.2) is 0 Å². The maximum Gasteiger partial charge on any atom is 0.00891 e. The summed E-state index contributed by atoms with van der Waals surface area (Å²) in [6.45, 7) is 4.60. The van der Waals surface area contributed by atoms with Crippen molar-refractivity contribution in [2.75, 3.05) is 14.1 Å². The molecule has 1 unspecified atom stereocenters. The van der Waals surface area contributed by atoms with Crippen LogP contribution in [0.2, 0.25) is 0 Å². The molecule has 1 nitrogen and oxygen atoms in total. The largest absolute Gasteiger partial charge is 0.306 e. The third kappa shape index (κ3) is 14.9. The highest BCUT2D eigenvalue weighted by molar-refractivity contribution is 4.66. The van der Waals surface area contributed by atoms with Gasteiger partial charge in [0.15, 0.2) is 0 Å². The van der Waals surface area contributed by atoms with Gasteiger partial charge < -0.3 is 4.90 Å². The van der Waals surface area contributed by atoms with Crippen molar-refractivity contribution >= 4 is 0 Å². The zero-order chi connectivity index (χ0) is 16.5. The van der Waals surface area contributed by atoms with Gasteiger partial charge in [0.25, 0.3) is 0 Å². The second kappa shape index (κ2) is 17.3. The van der Waals surface area contributed by atoms with Crippen LogP contribution in [0.3, 0.4) is 0 Å². The Morgan fingerprint density at radius 3 is 1.27 bits per heavy atom. The summed E-state index contributed by atoms with van der Waals surface area (Å²) in [6, 6.07) is 0.822. The van der Waals surface area contributed by atoms with Gasteiger partial charge in [0.2, 0.25) is 0 Å². The summed E-state index contributed by atoms with van der Waals surface area (Å²) in [4.78, 5) is 2.44. The minimum atomic E-state index is 0.822. The van der Waals surface area contributed by atoms with Crippen LogP contribution in [-0.4, -0.2) is 25.0 Å². The second-order valence-corrected chi connectivity index (χ2v) is 7.44. The van der Waals surface area contributed by atoms with E-state index in [4.69, 9.17) is 0 Å². The first-order valence-electron chi connectivity index (χ1n) is 10.4.